The van der Waals surface area contributed by atoms with Crippen LogP contribution < -0.4 is 41.9 Å². The molecule has 52 heavy (non-hydrogen) atoms. The van der Waals surface area contributed by atoms with Gasteiger partial charge in [-0.15, -0.1) is 0 Å². The van der Waals surface area contributed by atoms with Crippen molar-refractivity contribution in [3.8, 4) is 23.0 Å². The predicted octanol–water partition coefficient (Wildman–Crippen LogP) is 6.58. The van der Waals surface area contributed by atoms with Crippen LogP contribution in [0.4, 0.5) is 22.7 Å². The Hall–Kier alpha value is -7.60. The van der Waals surface area contributed by atoms with Gasteiger partial charge in [0.05, 0.1) is 22.3 Å². The summed E-state index contributed by atoms with van der Waals surface area (Å²) in [4.78, 5) is 48.8. The number of carbonyl (C=O) groups is 4. The van der Waals surface area contributed by atoms with Crippen LogP contribution >= 0.6 is 0 Å². The largest absolute Gasteiger partial charge is 0.423 e. The lowest BCUT2D eigenvalue weighted by Gasteiger charge is -2.07. The van der Waals surface area contributed by atoms with Gasteiger partial charge in [0.1, 0.15) is 23.0 Å². The van der Waals surface area contributed by atoms with Gasteiger partial charge in [-0.25, -0.2) is 19.2 Å². The van der Waals surface area contributed by atoms with Crippen LogP contribution in [-0.4, -0.2) is 23.9 Å². The third-order valence-corrected chi connectivity index (χ3v) is 7.01. The fourth-order valence-electron chi connectivity index (χ4n) is 4.41. The van der Waals surface area contributed by atoms with Crippen molar-refractivity contribution < 1.29 is 38.1 Å². The summed E-state index contributed by atoms with van der Waals surface area (Å²) in [6.45, 7) is 0. The fraction of sp³-hybridized carbons (Fsp3) is 0. The Balaban J connectivity index is 0.000000201. The van der Waals surface area contributed by atoms with E-state index >= 15 is 0 Å². The summed E-state index contributed by atoms with van der Waals surface area (Å²) >= 11 is 0. The molecule has 0 aromatic heterocycles. The molecule has 6 aromatic carbocycles. The third kappa shape index (κ3) is 10.2. The van der Waals surface area contributed by atoms with E-state index in [0.717, 1.165) is 0 Å². The van der Waals surface area contributed by atoms with Crippen LogP contribution in [0.2, 0.25) is 0 Å². The van der Waals surface area contributed by atoms with Crippen LogP contribution in [0, 0.1) is 0 Å². The number of nitrogens with two attached hydrogens (primary N) is 4. The minimum atomic E-state index is -0.586. The lowest BCUT2D eigenvalue weighted by atomic mass is 10.1. The molecule has 0 radical (unpaired) electrons. The Labute approximate surface area is 298 Å². The number of hydrogen-bond acceptors (Lipinski definition) is 12. The molecule has 0 spiro atoms. The van der Waals surface area contributed by atoms with E-state index in [0.29, 0.717) is 56.9 Å². The maximum atomic E-state index is 12.3. The number of ether oxygens (including phenoxy) is 4. The third-order valence-electron chi connectivity index (χ3n) is 7.01. The van der Waals surface area contributed by atoms with E-state index in [4.69, 9.17) is 41.9 Å². The second-order valence-electron chi connectivity index (χ2n) is 11.0. The average Bonchev–Trinajstić information content (AvgIpc) is 3.14. The Morgan fingerprint density at radius 3 is 1.00 bits per heavy atom. The number of carbonyl (C=O) groups excluding carboxylic acids is 4. The van der Waals surface area contributed by atoms with Gasteiger partial charge in [-0.1, -0.05) is 18.2 Å². The highest BCUT2D eigenvalue weighted by Crippen LogP contribution is 2.20. The molecule has 6 rings (SSSR count). The van der Waals surface area contributed by atoms with E-state index in [1.807, 2.05) is 0 Å². The molecule has 6 aromatic rings. The van der Waals surface area contributed by atoms with Crippen LogP contribution in [0.3, 0.4) is 0 Å². The van der Waals surface area contributed by atoms with E-state index in [9.17, 15) is 19.2 Å². The predicted molar refractivity (Wildman–Crippen MR) is 196 cm³/mol. The zero-order valence-electron chi connectivity index (χ0n) is 27.4. The van der Waals surface area contributed by atoms with Crippen molar-refractivity contribution in [1.82, 2.24) is 0 Å². The minimum absolute atomic E-state index is 0.230. The van der Waals surface area contributed by atoms with Gasteiger partial charge in [0.2, 0.25) is 0 Å². The van der Waals surface area contributed by atoms with E-state index < -0.39 is 23.9 Å². The van der Waals surface area contributed by atoms with Crippen LogP contribution in [0.5, 0.6) is 23.0 Å². The van der Waals surface area contributed by atoms with Gasteiger partial charge in [0.15, 0.2) is 0 Å². The van der Waals surface area contributed by atoms with Crippen molar-refractivity contribution in [2.24, 2.45) is 0 Å². The molecular weight excluding hydrogens is 664 g/mol. The maximum Gasteiger partial charge on any atom is 0.343 e. The molecule has 0 heterocycles. The molecule has 0 fully saturated rings. The minimum Gasteiger partial charge on any atom is -0.423 e. The molecule has 0 atom stereocenters. The van der Waals surface area contributed by atoms with E-state index in [1.165, 1.54) is 30.3 Å². The van der Waals surface area contributed by atoms with Gasteiger partial charge in [0, 0.05) is 34.9 Å². The number of esters is 4. The lowest BCUT2D eigenvalue weighted by Crippen LogP contribution is -2.12. The molecule has 0 saturated heterocycles. The van der Waals surface area contributed by atoms with Gasteiger partial charge in [-0.3, -0.25) is 0 Å². The molecule has 260 valence electrons. The standard InChI is InChI=1S/2C20H16N2O4/c21-15-3-1-5-17(11-15)25-19(23)13-7-9-14(10-8-13)20(24)26-18-6-2-4-16(22)12-18;21-15-4-8-17(9-5-15)25-19(23)13-2-1-3-14(12-13)20(24)26-18-10-6-16(22)7-11-18/h2*1-12H,21-22H2. The SMILES string of the molecule is Nc1ccc(OC(=O)c2cccc(C(=O)Oc3ccc(N)cc3)c2)cc1.Nc1cccc(OC(=O)c2ccc(C(=O)Oc3cccc(N)c3)cc2)c1. The summed E-state index contributed by atoms with van der Waals surface area (Å²) in [5.41, 5.74) is 25.7. The summed E-state index contributed by atoms with van der Waals surface area (Å²) in [6, 6.07) is 38.1. The Kier molecular flexibility index (Phi) is 11.4. The molecule has 0 saturated carbocycles. The Bertz CT molecular complexity index is 2050. The van der Waals surface area contributed by atoms with Crippen molar-refractivity contribution in [2.75, 3.05) is 22.9 Å². The first kappa shape index (κ1) is 35.7. The van der Waals surface area contributed by atoms with Gasteiger partial charge >= 0.3 is 23.9 Å². The van der Waals surface area contributed by atoms with Crippen LogP contribution in [0.15, 0.2) is 146 Å². The number of rotatable bonds is 8. The molecular formula is C40H32N4O8. The monoisotopic (exact) mass is 696 g/mol. The smallest absolute Gasteiger partial charge is 0.343 e. The van der Waals surface area contributed by atoms with Gasteiger partial charge in [0.25, 0.3) is 0 Å². The van der Waals surface area contributed by atoms with Gasteiger partial charge < -0.3 is 41.9 Å². The topological polar surface area (TPSA) is 209 Å². The Morgan fingerprint density at radius 2 is 0.635 bits per heavy atom. The van der Waals surface area contributed by atoms with Crippen molar-refractivity contribution in [3.05, 3.63) is 168 Å². The highest BCUT2D eigenvalue weighted by Gasteiger charge is 2.15. The number of nitrogen functional groups attached to an aromatic ring is 4. The maximum absolute atomic E-state index is 12.3. The normalized spacial score (nSPS) is 10.2. The van der Waals surface area contributed by atoms with Crippen molar-refractivity contribution in [3.63, 3.8) is 0 Å². The fourth-order valence-corrected chi connectivity index (χ4v) is 4.41. The summed E-state index contributed by atoms with van der Waals surface area (Å²) in [5, 5.41) is 0. The summed E-state index contributed by atoms with van der Waals surface area (Å²) in [6.07, 6.45) is 0. The van der Waals surface area contributed by atoms with Crippen molar-refractivity contribution >= 4 is 46.6 Å². The second kappa shape index (κ2) is 16.7. The lowest BCUT2D eigenvalue weighted by molar-refractivity contribution is 0.0720. The zero-order valence-corrected chi connectivity index (χ0v) is 27.4. The molecule has 12 nitrogen and oxygen atoms in total. The summed E-state index contributed by atoms with van der Waals surface area (Å²) in [5.74, 6) is -0.857. The average molecular weight is 697 g/mol. The van der Waals surface area contributed by atoms with Gasteiger partial charge in [-0.2, -0.15) is 0 Å². The highest BCUT2D eigenvalue weighted by atomic mass is 16.5. The molecule has 0 aliphatic rings. The second-order valence-corrected chi connectivity index (χ2v) is 11.0. The molecule has 12 heteroatoms. The van der Waals surface area contributed by atoms with Crippen LogP contribution in [-0.2, 0) is 0 Å². The van der Waals surface area contributed by atoms with E-state index in [-0.39, 0.29) is 11.1 Å². The quantitative estimate of drug-likeness (QED) is 0.0756. The van der Waals surface area contributed by atoms with Gasteiger partial charge in [-0.05, 0) is 115 Å². The first-order chi connectivity index (χ1) is 25.0. The molecule has 0 aliphatic heterocycles. The van der Waals surface area contributed by atoms with E-state index in [2.05, 4.69) is 0 Å². The first-order valence-electron chi connectivity index (χ1n) is 15.5. The Morgan fingerprint density at radius 1 is 0.308 bits per heavy atom. The summed E-state index contributed by atoms with van der Waals surface area (Å²) < 4.78 is 21.0. The number of hydrogen-bond donors (Lipinski definition) is 4. The van der Waals surface area contributed by atoms with Crippen LogP contribution in [0.1, 0.15) is 41.4 Å². The molecule has 0 aliphatic carbocycles. The van der Waals surface area contributed by atoms with Crippen LogP contribution in [0.25, 0.3) is 0 Å². The molecule has 8 N–H and O–H groups in total. The molecule has 0 unspecified atom stereocenters. The first-order valence-corrected chi connectivity index (χ1v) is 15.5. The highest BCUT2D eigenvalue weighted by molar-refractivity contribution is 5.97. The summed E-state index contributed by atoms with van der Waals surface area (Å²) in [7, 11) is 0. The van der Waals surface area contributed by atoms with Crippen molar-refractivity contribution in [2.45, 2.75) is 0 Å². The zero-order chi connectivity index (χ0) is 37.0. The van der Waals surface area contributed by atoms with Crippen molar-refractivity contribution in [1.29, 1.82) is 0 Å². The molecule has 0 amide bonds. The number of anilines is 4. The molecule has 0 bridgehead atoms. The van der Waals surface area contributed by atoms with E-state index in [1.54, 1.807) is 115 Å². The number of benzene rings is 6.